The molecule has 0 aromatic heterocycles. The fourth-order valence-corrected chi connectivity index (χ4v) is 4.02. The number of aliphatic carboxylic acids is 1. The van der Waals surface area contributed by atoms with Crippen LogP contribution in [0.5, 0.6) is 5.75 Å². The van der Waals surface area contributed by atoms with Crippen LogP contribution < -0.4 is 15.4 Å². The molecule has 8 heteroatoms. The molecule has 3 N–H and O–H groups in total. The molecule has 0 unspecified atom stereocenters. The van der Waals surface area contributed by atoms with Crippen LogP contribution in [0.4, 0.5) is 10.5 Å². The lowest BCUT2D eigenvalue weighted by Crippen LogP contribution is -2.55. The van der Waals surface area contributed by atoms with Gasteiger partial charge in [-0.2, -0.15) is 0 Å². The van der Waals surface area contributed by atoms with E-state index < -0.39 is 5.97 Å². The number of anilines is 1. The Kier molecular flexibility index (Phi) is 6.49. The number of thioether (sulfide) groups is 1. The van der Waals surface area contributed by atoms with Gasteiger partial charge in [0.2, 0.25) is 0 Å². The predicted molar refractivity (Wildman–Crippen MR) is 106 cm³/mol. The van der Waals surface area contributed by atoms with Crippen LogP contribution in [0.15, 0.2) is 23.1 Å². The van der Waals surface area contributed by atoms with Crippen molar-refractivity contribution in [3.05, 3.63) is 18.2 Å². The van der Waals surface area contributed by atoms with E-state index >= 15 is 0 Å². The zero-order valence-electron chi connectivity index (χ0n) is 15.7. The van der Waals surface area contributed by atoms with Crippen molar-refractivity contribution >= 4 is 29.4 Å². The van der Waals surface area contributed by atoms with E-state index in [1.165, 1.54) is 12.8 Å². The number of ether oxygens (including phenoxy) is 1. The van der Waals surface area contributed by atoms with E-state index in [1.54, 1.807) is 18.9 Å². The van der Waals surface area contributed by atoms with E-state index in [9.17, 15) is 9.59 Å². The maximum atomic E-state index is 12.2. The molecular weight excluding hydrogens is 366 g/mol. The van der Waals surface area contributed by atoms with Crippen molar-refractivity contribution < 1.29 is 19.4 Å². The van der Waals surface area contributed by atoms with Crippen molar-refractivity contribution in [2.45, 2.75) is 42.7 Å². The Labute approximate surface area is 163 Å². The maximum Gasteiger partial charge on any atom is 0.319 e. The summed E-state index contributed by atoms with van der Waals surface area (Å²) in [6.45, 7) is 0.947. The van der Waals surface area contributed by atoms with E-state index in [0.29, 0.717) is 5.92 Å². The van der Waals surface area contributed by atoms with Gasteiger partial charge in [0.25, 0.3) is 0 Å². The van der Waals surface area contributed by atoms with Gasteiger partial charge in [-0.05, 0) is 56.1 Å². The summed E-state index contributed by atoms with van der Waals surface area (Å²) in [5, 5.41) is 14.9. The zero-order valence-corrected chi connectivity index (χ0v) is 16.6. The second kappa shape index (κ2) is 8.84. The van der Waals surface area contributed by atoms with Crippen LogP contribution in [-0.2, 0) is 4.79 Å². The number of carbonyl (C=O) groups is 2. The number of nitrogens with one attached hydrogen (secondary N) is 2. The third kappa shape index (κ3) is 5.52. The highest BCUT2D eigenvalue weighted by molar-refractivity contribution is 7.98. The number of rotatable bonds is 9. The molecule has 2 fully saturated rings. The fraction of sp³-hybridized carbons (Fsp3) is 0.579. The minimum absolute atomic E-state index is 0.0867. The smallest absolute Gasteiger partial charge is 0.319 e. The molecule has 0 saturated heterocycles. The van der Waals surface area contributed by atoms with Crippen LogP contribution in [0.1, 0.15) is 25.7 Å². The number of benzene rings is 1. The highest BCUT2D eigenvalue weighted by atomic mass is 32.2. The minimum Gasteiger partial charge on any atom is -0.496 e. The molecule has 3 rings (SSSR count). The van der Waals surface area contributed by atoms with Gasteiger partial charge in [0.15, 0.2) is 0 Å². The summed E-state index contributed by atoms with van der Waals surface area (Å²) >= 11 is 1.56. The van der Waals surface area contributed by atoms with Crippen molar-refractivity contribution in [2.75, 3.05) is 31.8 Å². The molecule has 2 aliphatic rings. The van der Waals surface area contributed by atoms with Crippen molar-refractivity contribution in [2.24, 2.45) is 5.92 Å². The van der Waals surface area contributed by atoms with Crippen molar-refractivity contribution in [1.82, 2.24) is 10.2 Å². The number of amides is 2. The van der Waals surface area contributed by atoms with Crippen LogP contribution in [0.3, 0.4) is 0 Å². The molecule has 2 saturated carbocycles. The first kappa shape index (κ1) is 19.8. The monoisotopic (exact) mass is 393 g/mol. The third-order valence-electron chi connectivity index (χ3n) is 5.13. The molecule has 7 nitrogen and oxygen atoms in total. The first-order valence-electron chi connectivity index (χ1n) is 9.24. The van der Waals surface area contributed by atoms with Crippen LogP contribution >= 0.6 is 11.8 Å². The largest absolute Gasteiger partial charge is 0.496 e. The molecule has 0 heterocycles. The molecule has 0 spiro atoms. The molecular formula is C19H27N3O4S. The Hall–Kier alpha value is -1.93. The molecule has 1 aromatic carbocycles. The Morgan fingerprint density at radius 2 is 2.07 bits per heavy atom. The summed E-state index contributed by atoms with van der Waals surface area (Å²) in [5.74, 6) is 0.652. The third-order valence-corrected chi connectivity index (χ3v) is 5.89. The Bertz CT molecular complexity index is 690. The molecule has 148 valence electrons. The Morgan fingerprint density at radius 3 is 2.67 bits per heavy atom. The van der Waals surface area contributed by atoms with E-state index in [-0.39, 0.29) is 24.7 Å². The molecule has 0 radical (unpaired) electrons. The van der Waals surface area contributed by atoms with E-state index in [2.05, 4.69) is 15.5 Å². The van der Waals surface area contributed by atoms with Crippen LogP contribution in [0, 0.1) is 5.92 Å². The van der Waals surface area contributed by atoms with Gasteiger partial charge in [0.1, 0.15) is 5.75 Å². The van der Waals surface area contributed by atoms with E-state index in [4.69, 9.17) is 9.84 Å². The van der Waals surface area contributed by atoms with Gasteiger partial charge in [-0.1, -0.05) is 0 Å². The average Bonchev–Trinajstić information content (AvgIpc) is 3.40. The Balaban J connectivity index is 1.46. The molecule has 0 atom stereocenters. The highest BCUT2D eigenvalue weighted by Gasteiger charge is 2.37. The SMILES string of the molecule is COc1ccc(NC(=O)NC2CC(N(CC(=O)O)CC3CC3)C2)cc1SC. The summed E-state index contributed by atoms with van der Waals surface area (Å²) in [6, 6.07) is 5.63. The maximum absolute atomic E-state index is 12.2. The van der Waals surface area contributed by atoms with Gasteiger partial charge in [0.05, 0.1) is 18.6 Å². The Morgan fingerprint density at radius 1 is 1.33 bits per heavy atom. The van der Waals surface area contributed by atoms with Crippen molar-refractivity contribution in [3.8, 4) is 5.75 Å². The minimum atomic E-state index is -0.783. The topological polar surface area (TPSA) is 90.9 Å². The highest BCUT2D eigenvalue weighted by Crippen LogP contribution is 2.34. The molecule has 1 aromatic rings. The number of urea groups is 1. The summed E-state index contributed by atoms with van der Waals surface area (Å²) in [6.07, 6.45) is 5.96. The normalized spacial score (nSPS) is 21.4. The number of nitrogens with zero attached hydrogens (tertiary/aromatic N) is 1. The molecule has 0 aliphatic heterocycles. The quantitative estimate of drug-likeness (QED) is 0.559. The number of hydrogen-bond donors (Lipinski definition) is 3. The molecule has 2 amide bonds. The molecule has 0 bridgehead atoms. The number of methoxy groups -OCH3 is 1. The van der Waals surface area contributed by atoms with Crippen LogP contribution in [0.2, 0.25) is 0 Å². The van der Waals surface area contributed by atoms with Gasteiger partial charge in [-0.25, -0.2) is 4.79 Å². The van der Waals surface area contributed by atoms with Gasteiger partial charge in [-0.3, -0.25) is 9.69 Å². The summed E-state index contributed by atoms with van der Waals surface area (Å²) < 4.78 is 5.29. The second-order valence-electron chi connectivity index (χ2n) is 7.26. The van der Waals surface area contributed by atoms with Gasteiger partial charge >= 0.3 is 12.0 Å². The van der Waals surface area contributed by atoms with Crippen molar-refractivity contribution in [3.63, 3.8) is 0 Å². The van der Waals surface area contributed by atoms with E-state index in [0.717, 1.165) is 35.7 Å². The standard InChI is InChI=1S/C19H27N3O4S/c1-26-16-6-5-13(9-17(16)27-2)20-19(25)21-14-7-15(8-14)22(11-18(23)24)10-12-3-4-12/h5-6,9,12,14-15H,3-4,7-8,10-11H2,1-2H3,(H,23,24)(H2,20,21,25). The summed E-state index contributed by atoms with van der Waals surface area (Å²) in [7, 11) is 1.62. The number of carboxylic acid groups (broad SMARTS) is 1. The van der Waals surface area contributed by atoms with Gasteiger partial charge < -0.3 is 20.5 Å². The predicted octanol–water partition coefficient (Wildman–Crippen LogP) is 2.87. The van der Waals surface area contributed by atoms with Gasteiger partial charge in [0, 0.05) is 24.3 Å². The van der Waals surface area contributed by atoms with Gasteiger partial charge in [-0.15, -0.1) is 11.8 Å². The number of hydrogen-bond acceptors (Lipinski definition) is 5. The lowest BCUT2D eigenvalue weighted by atomic mass is 9.85. The second-order valence-corrected chi connectivity index (χ2v) is 8.11. The zero-order chi connectivity index (χ0) is 19.4. The number of carboxylic acids is 1. The lowest BCUT2D eigenvalue weighted by molar-refractivity contribution is -0.139. The summed E-state index contributed by atoms with van der Waals surface area (Å²) in [5.41, 5.74) is 0.717. The summed E-state index contributed by atoms with van der Waals surface area (Å²) in [4.78, 5) is 26.3. The average molecular weight is 394 g/mol. The lowest BCUT2D eigenvalue weighted by Gasteiger charge is -2.42. The van der Waals surface area contributed by atoms with Crippen LogP contribution in [-0.4, -0.2) is 60.5 Å². The molecule has 27 heavy (non-hydrogen) atoms. The van der Waals surface area contributed by atoms with Crippen LogP contribution in [0.25, 0.3) is 0 Å². The first-order chi connectivity index (χ1) is 13.0. The van der Waals surface area contributed by atoms with Crippen molar-refractivity contribution in [1.29, 1.82) is 0 Å². The number of carbonyl (C=O) groups excluding carboxylic acids is 1. The van der Waals surface area contributed by atoms with E-state index in [1.807, 2.05) is 24.5 Å². The molecule has 2 aliphatic carbocycles. The fourth-order valence-electron chi connectivity index (χ4n) is 3.42. The first-order valence-corrected chi connectivity index (χ1v) is 10.5.